The van der Waals surface area contributed by atoms with Crippen molar-refractivity contribution >= 4 is 5.91 Å². The van der Waals surface area contributed by atoms with Crippen molar-refractivity contribution in [3.8, 4) is 0 Å². The maximum Gasteiger partial charge on any atom is 0.291 e. The second kappa shape index (κ2) is 6.37. The number of aromatic amines is 1. The van der Waals surface area contributed by atoms with Gasteiger partial charge in [-0.3, -0.25) is 9.89 Å². The van der Waals surface area contributed by atoms with Gasteiger partial charge in [-0.25, -0.2) is 4.98 Å². The molecule has 0 unspecified atom stereocenters. The summed E-state index contributed by atoms with van der Waals surface area (Å²) in [6.07, 6.45) is 8.43. The molecule has 0 aliphatic heterocycles. The fraction of sp³-hybridized carbons (Fsp3) is 0.800. The summed E-state index contributed by atoms with van der Waals surface area (Å²) in [7, 11) is 0. The Morgan fingerprint density at radius 2 is 1.75 bits per heavy atom. The van der Waals surface area contributed by atoms with E-state index in [0.29, 0.717) is 0 Å². The highest BCUT2D eigenvalue weighted by Gasteiger charge is 2.22. The SMILES string of the molecule is CC(C)(C)c1nc(C(=O)NC2CCCCCCC2)n[nH]1. The molecule has 0 radical (unpaired) electrons. The summed E-state index contributed by atoms with van der Waals surface area (Å²) in [4.78, 5) is 16.5. The van der Waals surface area contributed by atoms with Crippen molar-refractivity contribution in [3.63, 3.8) is 0 Å². The summed E-state index contributed by atoms with van der Waals surface area (Å²) in [5.74, 6) is 0.861. The van der Waals surface area contributed by atoms with E-state index in [2.05, 4.69) is 20.5 Å². The van der Waals surface area contributed by atoms with E-state index in [0.717, 1.165) is 18.7 Å². The standard InChI is InChI=1S/C15H26N4O/c1-15(2,3)14-17-12(18-19-14)13(20)16-11-9-7-5-4-6-8-10-11/h11H,4-10H2,1-3H3,(H,16,20)(H,17,18,19). The van der Waals surface area contributed by atoms with E-state index in [1.165, 1.54) is 32.1 Å². The van der Waals surface area contributed by atoms with E-state index in [9.17, 15) is 4.79 Å². The zero-order valence-corrected chi connectivity index (χ0v) is 12.8. The number of nitrogens with one attached hydrogen (secondary N) is 2. The molecule has 0 saturated heterocycles. The van der Waals surface area contributed by atoms with Crippen LogP contribution in [0.25, 0.3) is 0 Å². The first-order chi connectivity index (χ1) is 9.47. The molecule has 1 aromatic rings. The van der Waals surface area contributed by atoms with Crippen LogP contribution in [0, 0.1) is 0 Å². The summed E-state index contributed by atoms with van der Waals surface area (Å²) >= 11 is 0. The van der Waals surface area contributed by atoms with Gasteiger partial charge in [0.15, 0.2) is 0 Å². The van der Waals surface area contributed by atoms with Crippen LogP contribution in [-0.4, -0.2) is 27.1 Å². The summed E-state index contributed by atoms with van der Waals surface area (Å²) in [6, 6.07) is 0.277. The number of amides is 1. The molecular formula is C15H26N4O. The molecule has 20 heavy (non-hydrogen) atoms. The van der Waals surface area contributed by atoms with Crippen LogP contribution < -0.4 is 5.32 Å². The van der Waals surface area contributed by atoms with Crippen LogP contribution in [-0.2, 0) is 5.41 Å². The van der Waals surface area contributed by atoms with Gasteiger partial charge >= 0.3 is 0 Å². The van der Waals surface area contributed by atoms with Crippen LogP contribution in [0.3, 0.4) is 0 Å². The summed E-state index contributed by atoms with van der Waals surface area (Å²) in [5, 5.41) is 9.99. The van der Waals surface area contributed by atoms with Gasteiger partial charge in [-0.1, -0.05) is 52.9 Å². The Morgan fingerprint density at radius 3 is 2.30 bits per heavy atom. The van der Waals surface area contributed by atoms with E-state index >= 15 is 0 Å². The van der Waals surface area contributed by atoms with Gasteiger partial charge in [-0.2, -0.15) is 0 Å². The molecule has 2 rings (SSSR count). The first kappa shape index (κ1) is 15.0. The number of rotatable bonds is 2. The fourth-order valence-electron chi connectivity index (χ4n) is 2.55. The van der Waals surface area contributed by atoms with Crippen LogP contribution in [0.4, 0.5) is 0 Å². The van der Waals surface area contributed by atoms with Crippen molar-refractivity contribution in [1.29, 1.82) is 0 Å². The second-order valence-electron chi connectivity index (χ2n) is 6.77. The number of carbonyl (C=O) groups is 1. The highest BCUT2D eigenvalue weighted by atomic mass is 16.2. The molecule has 0 bridgehead atoms. The smallest absolute Gasteiger partial charge is 0.291 e. The van der Waals surface area contributed by atoms with E-state index in [-0.39, 0.29) is 23.2 Å². The number of carbonyl (C=O) groups excluding carboxylic acids is 1. The molecule has 1 aliphatic rings. The Morgan fingerprint density at radius 1 is 1.15 bits per heavy atom. The van der Waals surface area contributed by atoms with Gasteiger partial charge in [0.1, 0.15) is 5.82 Å². The van der Waals surface area contributed by atoms with Gasteiger partial charge in [0.05, 0.1) is 0 Å². The maximum absolute atomic E-state index is 12.2. The van der Waals surface area contributed by atoms with Crippen LogP contribution in [0.1, 0.15) is 82.2 Å². The topological polar surface area (TPSA) is 70.7 Å². The van der Waals surface area contributed by atoms with Crippen molar-refractivity contribution in [2.24, 2.45) is 0 Å². The number of aromatic nitrogens is 3. The van der Waals surface area contributed by atoms with Crippen LogP contribution >= 0.6 is 0 Å². The van der Waals surface area contributed by atoms with Crippen molar-refractivity contribution in [3.05, 3.63) is 11.6 Å². The van der Waals surface area contributed by atoms with Crippen LogP contribution in [0.2, 0.25) is 0 Å². The van der Waals surface area contributed by atoms with Crippen molar-refractivity contribution in [1.82, 2.24) is 20.5 Å². The van der Waals surface area contributed by atoms with Crippen molar-refractivity contribution < 1.29 is 4.79 Å². The average Bonchev–Trinajstić information content (AvgIpc) is 2.81. The molecule has 1 aliphatic carbocycles. The lowest BCUT2D eigenvalue weighted by atomic mass is 9.96. The van der Waals surface area contributed by atoms with E-state index < -0.39 is 0 Å². The van der Waals surface area contributed by atoms with Crippen LogP contribution in [0.5, 0.6) is 0 Å². The minimum absolute atomic E-state index is 0.119. The molecule has 1 aromatic heterocycles. The zero-order chi connectivity index (χ0) is 14.6. The molecule has 0 atom stereocenters. The summed E-state index contributed by atoms with van der Waals surface area (Å²) in [6.45, 7) is 6.14. The molecule has 1 heterocycles. The summed E-state index contributed by atoms with van der Waals surface area (Å²) in [5.41, 5.74) is -0.119. The predicted octanol–water partition coefficient (Wildman–Crippen LogP) is 2.94. The monoisotopic (exact) mass is 278 g/mol. The first-order valence-electron chi connectivity index (χ1n) is 7.70. The quantitative estimate of drug-likeness (QED) is 0.873. The molecule has 1 fully saturated rings. The number of H-pyrrole nitrogens is 1. The second-order valence-corrected chi connectivity index (χ2v) is 6.77. The highest BCUT2D eigenvalue weighted by Crippen LogP contribution is 2.19. The normalized spacial score (nSPS) is 18.4. The third-order valence-corrected chi connectivity index (χ3v) is 3.84. The third-order valence-electron chi connectivity index (χ3n) is 3.84. The zero-order valence-electron chi connectivity index (χ0n) is 12.8. The fourth-order valence-corrected chi connectivity index (χ4v) is 2.55. The Bertz CT molecular complexity index is 439. The number of nitrogens with zero attached hydrogens (tertiary/aromatic N) is 2. The van der Waals surface area contributed by atoms with E-state index in [1.807, 2.05) is 20.8 Å². The largest absolute Gasteiger partial charge is 0.347 e. The van der Waals surface area contributed by atoms with Gasteiger partial charge in [0.25, 0.3) is 5.91 Å². The molecule has 1 amide bonds. The Balaban J connectivity index is 1.95. The molecule has 1 saturated carbocycles. The first-order valence-corrected chi connectivity index (χ1v) is 7.70. The molecular weight excluding hydrogens is 252 g/mol. The van der Waals surface area contributed by atoms with Gasteiger partial charge in [-0.15, -0.1) is 5.10 Å². The van der Waals surface area contributed by atoms with Crippen LogP contribution in [0.15, 0.2) is 0 Å². The molecule has 112 valence electrons. The van der Waals surface area contributed by atoms with Crippen molar-refractivity contribution in [2.45, 2.75) is 77.2 Å². The summed E-state index contributed by atoms with van der Waals surface area (Å²) < 4.78 is 0. The predicted molar refractivity (Wildman–Crippen MR) is 78.7 cm³/mol. The molecule has 5 nitrogen and oxygen atoms in total. The van der Waals surface area contributed by atoms with Gasteiger partial charge in [0.2, 0.25) is 5.82 Å². The minimum atomic E-state index is -0.151. The lowest BCUT2D eigenvalue weighted by molar-refractivity contribution is 0.0920. The molecule has 2 N–H and O–H groups in total. The van der Waals surface area contributed by atoms with E-state index in [1.54, 1.807) is 0 Å². The van der Waals surface area contributed by atoms with Gasteiger partial charge in [0, 0.05) is 11.5 Å². The maximum atomic E-state index is 12.2. The number of hydrogen-bond donors (Lipinski definition) is 2. The average molecular weight is 278 g/mol. The lowest BCUT2D eigenvalue weighted by Gasteiger charge is -2.20. The Kier molecular flexibility index (Phi) is 4.78. The molecule has 0 aromatic carbocycles. The molecule has 5 heteroatoms. The van der Waals surface area contributed by atoms with Crippen molar-refractivity contribution in [2.75, 3.05) is 0 Å². The minimum Gasteiger partial charge on any atom is -0.347 e. The van der Waals surface area contributed by atoms with Gasteiger partial charge < -0.3 is 5.32 Å². The highest BCUT2D eigenvalue weighted by molar-refractivity contribution is 5.90. The lowest BCUT2D eigenvalue weighted by Crippen LogP contribution is -2.36. The Labute approximate surface area is 120 Å². The third kappa shape index (κ3) is 4.05. The van der Waals surface area contributed by atoms with E-state index in [4.69, 9.17) is 0 Å². The van der Waals surface area contributed by atoms with Gasteiger partial charge in [-0.05, 0) is 12.8 Å². The Hall–Kier alpha value is -1.39. The molecule has 0 spiro atoms. The number of hydrogen-bond acceptors (Lipinski definition) is 3.